The number of benzene rings is 2. The summed E-state index contributed by atoms with van der Waals surface area (Å²) in [4.78, 5) is 29.0. The SMILES string of the molecule is COc1ccc(CC(=O)Nc2ccccc2C(=O)Nc2ccccn2)cc1. The maximum atomic E-state index is 12.5. The topological polar surface area (TPSA) is 80.3 Å². The van der Waals surface area contributed by atoms with Crippen molar-refractivity contribution in [3.05, 3.63) is 84.1 Å². The molecule has 6 nitrogen and oxygen atoms in total. The molecule has 0 aliphatic rings. The van der Waals surface area contributed by atoms with Crippen molar-refractivity contribution in [3.63, 3.8) is 0 Å². The number of rotatable bonds is 6. The van der Waals surface area contributed by atoms with Gasteiger partial charge in [-0.15, -0.1) is 0 Å². The quantitative estimate of drug-likeness (QED) is 0.704. The first kappa shape index (κ1) is 18.1. The van der Waals surface area contributed by atoms with Gasteiger partial charge in [-0.3, -0.25) is 9.59 Å². The molecule has 0 spiro atoms. The molecule has 2 N–H and O–H groups in total. The van der Waals surface area contributed by atoms with Crippen molar-refractivity contribution in [2.45, 2.75) is 6.42 Å². The summed E-state index contributed by atoms with van der Waals surface area (Å²) in [6.45, 7) is 0. The van der Waals surface area contributed by atoms with Gasteiger partial charge >= 0.3 is 0 Å². The number of hydrogen-bond donors (Lipinski definition) is 2. The summed E-state index contributed by atoms with van der Waals surface area (Å²) in [6.07, 6.45) is 1.79. The minimum absolute atomic E-state index is 0.195. The Kier molecular flexibility index (Phi) is 5.79. The first-order valence-corrected chi connectivity index (χ1v) is 8.40. The fourth-order valence-electron chi connectivity index (χ4n) is 2.53. The average Bonchev–Trinajstić information content (AvgIpc) is 2.69. The highest BCUT2D eigenvalue weighted by molar-refractivity contribution is 6.09. The molecule has 3 aromatic rings. The van der Waals surface area contributed by atoms with Crippen LogP contribution in [-0.2, 0) is 11.2 Å². The number of hydrogen-bond acceptors (Lipinski definition) is 4. The van der Waals surface area contributed by atoms with Gasteiger partial charge in [0.1, 0.15) is 11.6 Å². The van der Waals surface area contributed by atoms with Gasteiger partial charge in [-0.2, -0.15) is 0 Å². The molecule has 6 heteroatoms. The van der Waals surface area contributed by atoms with Crippen LogP contribution >= 0.6 is 0 Å². The molecule has 1 aromatic heterocycles. The molecule has 0 aliphatic carbocycles. The Hall–Kier alpha value is -3.67. The van der Waals surface area contributed by atoms with Crippen molar-refractivity contribution < 1.29 is 14.3 Å². The molecule has 1 heterocycles. The van der Waals surface area contributed by atoms with E-state index in [1.54, 1.807) is 67.9 Å². The van der Waals surface area contributed by atoms with Crippen LogP contribution in [0.3, 0.4) is 0 Å². The molecule has 136 valence electrons. The van der Waals surface area contributed by atoms with E-state index in [1.807, 2.05) is 12.1 Å². The van der Waals surface area contributed by atoms with Crippen molar-refractivity contribution in [1.29, 1.82) is 0 Å². The van der Waals surface area contributed by atoms with E-state index in [0.29, 0.717) is 17.1 Å². The Morgan fingerprint density at radius 1 is 0.926 bits per heavy atom. The largest absolute Gasteiger partial charge is 0.497 e. The number of carbonyl (C=O) groups excluding carboxylic acids is 2. The van der Waals surface area contributed by atoms with Gasteiger partial charge in [0, 0.05) is 6.20 Å². The molecule has 0 unspecified atom stereocenters. The van der Waals surface area contributed by atoms with Gasteiger partial charge in [0.2, 0.25) is 5.91 Å². The number of aromatic nitrogens is 1. The second-order valence-electron chi connectivity index (χ2n) is 5.79. The van der Waals surface area contributed by atoms with Crippen LogP contribution in [0, 0.1) is 0 Å². The normalized spacial score (nSPS) is 10.1. The van der Waals surface area contributed by atoms with E-state index in [1.165, 1.54) is 0 Å². The summed E-state index contributed by atoms with van der Waals surface area (Å²) in [6, 6.07) is 19.4. The predicted octanol–water partition coefficient (Wildman–Crippen LogP) is 3.52. The third kappa shape index (κ3) is 4.92. The van der Waals surface area contributed by atoms with Gasteiger partial charge < -0.3 is 15.4 Å². The molecule has 2 amide bonds. The second kappa shape index (κ2) is 8.62. The molecule has 0 aliphatic heterocycles. The Morgan fingerprint density at radius 3 is 2.37 bits per heavy atom. The molecular weight excluding hydrogens is 342 g/mol. The molecule has 27 heavy (non-hydrogen) atoms. The van der Waals surface area contributed by atoms with Crippen LogP contribution in [0.2, 0.25) is 0 Å². The molecular formula is C21H19N3O3. The number of methoxy groups -OCH3 is 1. The summed E-state index contributed by atoms with van der Waals surface area (Å²) in [5, 5.41) is 5.52. The average molecular weight is 361 g/mol. The van der Waals surface area contributed by atoms with Gasteiger partial charge in [-0.05, 0) is 42.0 Å². The van der Waals surface area contributed by atoms with Crippen LogP contribution in [0.4, 0.5) is 11.5 Å². The lowest BCUT2D eigenvalue weighted by Gasteiger charge is -2.11. The van der Waals surface area contributed by atoms with E-state index >= 15 is 0 Å². The lowest BCUT2D eigenvalue weighted by atomic mass is 10.1. The number of anilines is 2. The van der Waals surface area contributed by atoms with Crippen molar-refractivity contribution >= 4 is 23.3 Å². The molecule has 0 fully saturated rings. The van der Waals surface area contributed by atoms with Crippen molar-refractivity contribution in [2.24, 2.45) is 0 Å². The van der Waals surface area contributed by atoms with E-state index in [9.17, 15) is 9.59 Å². The summed E-state index contributed by atoms with van der Waals surface area (Å²) in [7, 11) is 1.59. The molecule has 0 saturated heterocycles. The Labute approximate surface area is 157 Å². The van der Waals surface area contributed by atoms with Crippen molar-refractivity contribution in [3.8, 4) is 5.75 Å². The number of ether oxygens (including phenoxy) is 1. The summed E-state index contributed by atoms with van der Waals surface area (Å²) in [5.74, 6) is 0.629. The maximum Gasteiger partial charge on any atom is 0.258 e. The fourth-order valence-corrected chi connectivity index (χ4v) is 2.53. The van der Waals surface area contributed by atoms with Crippen LogP contribution in [0.25, 0.3) is 0 Å². The highest BCUT2D eigenvalue weighted by Crippen LogP contribution is 2.18. The minimum atomic E-state index is -0.339. The maximum absolute atomic E-state index is 12.5. The lowest BCUT2D eigenvalue weighted by molar-refractivity contribution is -0.115. The number of amides is 2. The summed E-state index contributed by atoms with van der Waals surface area (Å²) in [5.41, 5.74) is 1.67. The molecule has 3 rings (SSSR count). The van der Waals surface area contributed by atoms with Crippen LogP contribution in [0.1, 0.15) is 15.9 Å². The van der Waals surface area contributed by atoms with E-state index in [2.05, 4.69) is 15.6 Å². The molecule has 0 bridgehead atoms. The minimum Gasteiger partial charge on any atom is -0.497 e. The number of para-hydroxylation sites is 1. The van der Waals surface area contributed by atoms with Gasteiger partial charge in [0.05, 0.1) is 24.8 Å². The second-order valence-corrected chi connectivity index (χ2v) is 5.79. The summed E-state index contributed by atoms with van der Waals surface area (Å²) >= 11 is 0. The lowest BCUT2D eigenvalue weighted by Crippen LogP contribution is -2.19. The monoisotopic (exact) mass is 361 g/mol. The van der Waals surface area contributed by atoms with Crippen LogP contribution in [0.5, 0.6) is 5.75 Å². The zero-order chi connectivity index (χ0) is 19.1. The molecule has 0 atom stereocenters. The third-order valence-corrected chi connectivity index (χ3v) is 3.88. The zero-order valence-corrected chi connectivity index (χ0v) is 14.8. The Morgan fingerprint density at radius 2 is 1.67 bits per heavy atom. The highest BCUT2D eigenvalue weighted by atomic mass is 16.5. The molecule has 0 saturated carbocycles. The first-order valence-electron chi connectivity index (χ1n) is 8.40. The van der Waals surface area contributed by atoms with Crippen LogP contribution < -0.4 is 15.4 Å². The standard InChI is InChI=1S/C21H19N3O3/c1-27-16-11-9-15(10-12-16)14-20(25)23-18-7-3-2-6-17(18)21(26)24-19-8-4-5-13-22-19/h2-13H,14H2,1H3,(H,23,25)(H,22,24,26). The number of carbonyl (C=O) groups is 2. The number of nitrogens with zero attached hydrogens (tertiary/aromatic N) is 1. The van der Waals surface area contributed by atoms with E-state index in [0.717, 1.165) is 11.3 Å². The van der Waals surface area contributed by atoms with Crippen molar-refractivity contribution in [2.75, 3.05) is 17.7 Å². The molecule has 2 aromatic carbocycles. The fraction of sp³-hybridized carbons (Fsp3) is 0.0952. The Balaban J connectivity index is 1.69. The van der Waals surface area contributed by atoms with Gasteiger partial charge in [-0.25, -0.2) is 4.98 Å². The van der Waals surface area contributed by atoms with Crippen molar-refractivity contribution in [1.82, 2.24) is 4.98 Å². The Bertz CT molecular complexity index is 925. The predicted molar refractivity (Wildman–Crippen MR) is 104 cm³/mol. The number of nitrogens with one attached hydrogen (secondary N) is 2. The van der Waals surface area contributed by atoms with Crippen LogP contribution in [-0.4, -0.2) is 23.9 Å². The zero-order valence-electron chi connectivity index (χ0n) is 14.8. The first-order chi connectivity index (χ1) is 13.2. The van der Waals surface area contributed by atoms with Crippen LogP contribution in [0.15, 0.2) is 72.9 Å². The van der Waals surface area contributed by atoms with Gasteiger partial charge in [-0.1, -0.05) is 30.3 Å². The highest BCUT2D eigenvalue weighted by Gasteiger charge is 2.14. The molecule has 0 radical (unpaired) electrons. The number of pyridine rings is 1. The van der Waals surface area contributed by atoms with E-state index < -0.39 is 0 Å². The summed E-state index contributed by atoms with van der Waals surface area (Å²) < 4.78 is 5.11. The van der Waals surface area contributed by atoms with E-state index in [-0.39, 0.29) is 18.2 Å². The smallest absolute Gasteiger partial charge is 0.258 e. The third-order valence-electron chi connectivity index (χ3n) is 3.88. The van der Waals surface area contributed by atoms with Gasteiger partial charge in [0.25, 0.3) is 5.91 Å². The van der Waals surface area contributed by atoms with E-state index in [4.69, 9.17) is 4.74 Å². The van der Waals surface area contributed by atoms with Gasteiger partial charge in [0.15, 0.2) is 0 Å².